The smallest absolute Gasteiger partial charge is 0.226 e. The molecular weight excluding hydrogens is 260 g/mol. The van der Waals surface area contributed by atoms with Crippen molar-refractivity contribution in [2.24, 2.45) is 17.1 Å². The topological polar surface area (TPSA) is 46.3 Å². The van der Waals surface area contributed by atoms with Gasteiger partial charge < -0.3 is 10.6 Å². The summed E-state index contributed by atoms with van der Waals surface area (Å²) < 4.78 is 0. The molecule has 110 valence electrons. The third-order valence-corrected chi connectivity index (χ3v) is 3.88. The van der Waals surface area contributed by atoms with Gasteiger partial charge in [-0.1, -0.05) is 26.0 Å². The lowest BCUT2D eigenvalue weighted by molar-refractivity contribution is -0.138. The number of amides is 1. The van der Waals surface area contributed by atoms with Crippen LogP contribution < -0.4 is 5.73 Å². The number of rotatable bonds is 5. The van der Waals surface area contributed by atoms with Gasteiger partial charge in [-0.3, -0.25) is 4.79 Å². The number of nitrogens with two attached hydrogens (primary N) is 1. The summed E-state index contributed by atoms with van der Waals surface area (Å²) in [6, 6.07) is 0.179. The highest BCUT2D eigenvalue weighted by Crippen LogP contribution is 2.29. The highest BCUT2D eigenvalue weighted by atomic mass is 35.5. The summed E-state index contributed by atoms with van der Waals surface area (Å²) in [6.07, 6.45) is 5.94. The first-order valence-corrected chi connectivity index (χ1v) is 6.68. The number of allylic oxidation sites excluding steroid dienone is 2. The minimum atomic E-state index is -0.00914. The average Bonchev–Trinajstić information content (AvgIpc) is 2.31. The number of carbonyl (C=O) groups is 1. The van der Waals surface area contributed by atoms with E-state index in [1.54, 1.807) is 0 Å². The summed E-state index contributed by atoms with van der Waals surface area (Å²) in [5, 5.41) is 0. The lowest BCUT2D eigenvalue weighted by Crippen LogP contribution is -2.55. The Balaban J connectivity index is 0.00000324. The van der Waals surface area contributed by atoms with Gasteiger partial charge in [0, 0.05) is 25.0 Å². The number of hydrogen-bond donors (Lipinski definition) is 1. The maximum Gasteiger partial charge on any atom is 0.226 e. The number of carbonyl (C=O) groups excluding carboxylic acids is 1. The number of likely N-dealkylation sites (tertiary alicyclic amines) is 1. The van der Waals surface area contributed by atoms with E-state index in [1.807, 2.05) is 17.1 Å². The molecule has 2 N–H and O–H groups in total. The van der Waals surface area contributed by atoms with Gasteiger partial charge in [-0.05, 0) is 24.7 Å². The van der Waals surface area contributed by atoms with Crippen molar-refractivity contribution in [2.45, 2.75) is 39.2 Å². The second-order valence-electron chi connectivity index (χ2n) is 5.89. The largest absolute Gasteiger partial charge is 0.342 e. The molecule has 0 radical (unpaired) electrons. The molecule has 0 aromatic heterocycles. The van der Waals surface area contributed by atoms with Crippen LogP contribution in [0, 0.1) is 11.3 Å². The number of piperidine rings is 1. The van der Waals surface area contributed by atoms with Gasteiger partial charge in [0.1, 0.15) is 0 Å². The molecule has 1 saturated heterocycles. The van der Waals surface area contributed by atoms with E-state index < -0.39 is 0 Å². The Hall–Kier alpha value is -0.800. The molecule has 19 heavy (non-hydrogen) atoms. The van der Waals surface area contributed by atoms with E-state index in [2.05, 4.69) is 27.0 Å². The van der Waals surface area contributed by atoms with Crippen molar-refractivity contribution in [1.29, 1.82) is 0 Å². The SMILES string of the molecule is C=CCC(CC=C)C(=O)N1CCC(N)C(C)(C)C1.Cl. The Morgan fingerprint density at radius 3 is 2.37 bits per heavy atom. The van der Waals surface area contributed by atoms with Gasteiger partial charge in [0.2, 0.25) is 5.91 Å². The normalized spacial score (nSPS) is 21.7. The zero-order chi connectivity index (χ0) is 13.8. The molecule has 1 unspecified atom stereocenters. The van der Waals surface area contributed by atoms with Crippen molar-refractivity contribution in [3.63, 3.8) is 0 Å². The van der Waals surface area contributed by atoms with Crippen molar-refractivity contribution < 1.29 is 4.79 Å². The molecule has 0 aliphatic carbocycles. The molecule has 1 atom stereocenters. The molecule has 4 heteroatoms. The van der Waals surface area contributed by atoms with Gasteiger partial charge in [0.15, 0.2) is 0 Å². The van der Waals surface area contributed by atoms with Crippen molar-refractivity contribution in [1.82, 2.24) is 4.90 Å². The lowest BCUT2D eigenvalue weighted by Gasteiger charge is -2.43. The summed E-state index contributed by atoms with van der Waals surface area (Å²) in [5.41, 5.74) is 6.10. The van der Waals surface area contributed by atoms with Crippen molar-refractivity contribution in [3.8, 4) is 0 Å². The van der Waals surface area contributed by atoms with E-state index in [0.29, 0.717) is 12.8 Å². The van der Waals surface area contributed by atoms with Crippen LogP contribution in [0.3, 0.4) is 0 Å². The lowest BCUT2D eigenvalue weighted by atomic mass is 9.79. The molecule has 1 aliphatic heterocycles. The Labute approximate surface area is 123 Å². The summed E-state index contributed by atoms with van der Waals surface area (Å²) in [4.78, 5) is 14.4. The number of halogens is 1. The minimum absolute atomic E-state index is 0. The molecule has 0 aromatic carbocycles. The van der Waals surface area contributed by atoms with Gasteiger partial charge in [-0.25, -0.2) is 0 Å². The quantitative estimate of drug-likeness (QED) is 0.790. The molecule has 0 bridgehead atoms. The molecule has 1 amide bonds. The highest BCUT2D eigenvalue weighted by Gasteiger charge is 2.36. The standard InChI is InChI=1S/C15H26N2O.ClH/c1-5-7-12(8-6-2)14(18)17-10-9-13(16)15(3,4)11-17;/h5-6,12-13H,1-2,7-11,16H2,3-4H3;1H. The molecule has 1 rings (SSSR count). The van der Waals surface area contributed by atoms with E-state index in [-0.39, 0.29) is 35.7 Å². The van der Waals surface area contributed by atoms with Crippen LogP contribution in [0.25, 0.3) is 0 Å². The van der Waals surface area contributed by atoms with Crippen molar-refractivity contribution >= 4 is 18.3 Å². The van der Waals surface area contributed by atoms with Crippen LogP contribution in [-0.2, 0) is 4.79 Å². The molecule has 1 fully saturated rings. The van der Waals surface area contributed by atoms with Crippen LogP contribution in [0.4, 0.5) is 0 Å². The van der Waals surface area contributed by atoms with E-state index >= 15 is 0 Å². The predicted molar refractivity (Wildman–Crippen MR) is 83.3 cm³/mol. The molecule has 1 aliphatic rings. The fourth-order valence-corrected chi connectivity index (χ4v) is 2.52. The fraction of sp³-hybridized carbons (Fsp3) is 0.667. The number of hydrogen-bond acceptors (Lipinski definition) is 2. The zero-order valence-corrected chi connectivity index (χ0v) is 12.9. The van der Waals surface area contributed by atoms with E-state index in [9.17, 15) is 4.79 Å². The first kappa shape index (κ1) is 18.2. The predicted octanol–water partition coefficient (Wildman–Crippen LogP) is 2.76. The van der Waals surface area contributed by atoms with Crippen molar-refractivity contribution in [3.05, 3.63) is 25.3 Å². The summed E-state index contributed by atoms with van der Waals surface area (Å²) in [6.45, 7) is 13.2. The maximum atomic E-state index is 12.5. The van der Waals surface area contributed by atoms with Gasteiger partial charge in [0.05, 0.1) is 0 Å². The van der Waals surface area contributed by atoms with Gasteiger partial charge in [-0.15, -0.1) is 25.6 Å². The van der Waals surface area contributed by atoms with Crippen LogP contribution in [0.1, 0.15) is 33.1 Å². The Morgan fingerprint density at radius 1 is 1.42 bits per heavy atom. The van der Waals surface area contributed by atoms with E-state index in [1.165, 1.54) is 0 Å². The Bertz CT molecular complexity index is 318. The minimum Gasteiger partial charge on any atom is -0.342 e. The Kier molecular flexibility index (Phi) is 7.38. The molecule has 3 nitrogen and oxygen atoms in total. The average molecular weight is 287 g/mol. The van der Waals surface area contributed by atoms with Crippen molar-refractivity contribution in [2.75, 3.05) is 13.1 Å². The third kappa shape index (κ3) is 4.66. The highest BCUT2D eigenvalue weighted by molar-refractivity contribution is 5.85. The molecule has 0 saturated carbocycles. The van der Waals surface area contributed by atoms with Gasteiger partial charge in [0.25, 0.3) is 0 Å². The number of nitrogens with zero attached hydrogens (tertiary/aromatic N) is 1. The summed E-state index contributed by atoms with van der Waals surface area (Å²) in [5.74, 6) is 0.208. The Morgan fingerprint density at radius 2 is 1.95 bits per heavy atom. The molecule has 1 heterocycles. The third-order valence-electron chi connectivity index (χ3n) is 3.88. The van der Waals surface area contributed by atoms with Gasteiger partial charge >= 0.3 is 0 Å². The van der Waals surface area contributed by atoms with E-state index in [4.69, 9.17) is 5.73 Å². The fourth-order valence-electron chi connectivity index (χ4n) is 2.52. The van der Waals surface area contributed by atoms with Crippen LogP contribution in [0.5, 0.6) is 0 Å². The van der Waals surface area contributed by atoms with Crippen LogP contribution in [-0.4, -0.2) is 29.9 Å². The molecular formula is C15H27ClN2O. The summed E-state index contributed by atoms with van der Waals surface area (Å²) >= 11 is 0. The zero-order valence-electron chi connectivity index (χ0n) is 12.1. The van der Waals surface area contributed by atoms with Gasteiger partial charge in [-0.2, -0.15) is 0 Å². The van der Waals surface area contributed by atoms with Crippen LogP contribution >= 0.6 is 12.4 Å². The molecule has 0 spiro atoms. The van der Waals surface area contributed by atoms with E-state index in [0.717, 1.165) is 19.5 Å². The second kappa shape index (κ2) is 7.71. The van der Waals surface area contributed by atoms with Crippen LogP contribution in [0.15, 0.2) is 25.3 Å². The first-order chi connectivity index (χ1) is 8.42. The monoisotopic (exact) mass is 286 g/mol. The summed E-state index contributed by atoms with van der Waals surface area (Å²) in [7, 11) is 0. The first-order valence-electron chi connectivity index (χ1n) is 6.68. The maximum absolute atomic E-state index is 12.5. The molecule has 0 aromatic rings. The second-order valence-corrected chi connectivity index (χ2v) is 5.89. The van der Waals surface area contributed by atoms with Crippen LogP contribution in [0.2, 0.25) is 0 Å².